The Balaban J connectivity index is 1.97. The molecule has 1 aromatic carbocycles. The highest BCUT2D eigenvalue weighted by molar-refractivity contribution is 5.77. The van der Waals surface area contributed by atoms with Gasteiger partial charge in [0.2, 0.25) is 5.91 Å². The van der Waals surface area contributed by atoms with Gasteiger partial charge in [0.25, 0.3) is 0 Å². The number of aryl methyl sites for hydroxylation is 1. The number of rotatable bonds is 7. The van der Waals surface area contributed by atoms with Crippen molar-refractivity contribution in [1.29, 1.82) is 0 Å². The second kappa shape index (κ2) is 7.43. The van der Waals surface area contributed by atoms with Crippen LogP contribution in [0.15, 0.2) is 24.3 Å². The van der Waals surface area contributed by atoms with Gasteiger partial charge in [0.1, 0.15) is 0 Å². The fourth-order valence-electron chi connectivity index (χ4n) is 3.30. The molecular weight excluding hydrogens is 278 g/mol. The number of nitrogens with one attached hydrogen (secondary N) is 1. The Morgan fingerprint density at radius 1 is 1.18 bits per heavy atom. The van der Waals surface area contributed by atoms with Crippen LogP contribution in [-0.4, -0.2) is 17.0 Å². The van der Waals surface area contributed by atoms with Crippen molar-refractivity contribution in [2.24, 2.45) is 0 Å². The van der Waals surface area contributed by atoms with E-state index in [9.17, 15) is 9.59 Å². The lowest BCUT2D eigenvalue weighted by Gasteiger charge is -2.31. The molecule has 1 aliphatic carbocycles. The van der Waals surface area contributed by atoms with Crippen LogP contribution in [0.3, 0.4) is 0 Å². The first-order chi connectivity index (χ1) is 10.5. The van der Waals surface area contributed by atoms with Gasteiger partial charge in [0.15, 0.2) is 0 Å². The molecule has 1 aromatic rings. The monoisotopic (exact) mass is 303 g/mol. The molecule has 1 saturated carbocycles. The fourth-order valence-corrected chi connectivity index (χ4v) is 3.30. The molecule has 0 bridgehead atoms. The minimum Gasteiger partial charge on any atom is -0.481 e. The summed E-state index contributed by atoms with van der Waals surface area (Å²) in [5.74, 6) is -0.763. The van der Waals surface area contributed by atoms with Gasteiger partial charge in [0, 0.05) is 12.8 Å². The molecule has 0 spiro atoms. The zero-order chi connectivity index (χ0) is 16.0. The highest BCUT2D eigenvalue weighted by Gasteiger charge is 2.36. The van der Waals surface area contributed by atoms with E-state index in [0.717, 1.165) is 25.7 Å². The molecule has 1 fully saturated rings. The van der Waals surface area contributed by atoms with E-state index in [0.29, 0.717) is 19.3 Å². The Kier molecular flexibility index (Phi) is 5.58. The van der Waals surface area contributed by atoms with Gasteiger partial charge in [-0.05, 0) is 38.2 Å². The van der Waals surface area contributed by atoms with Crippen molar-refractivity contribution in [2.75, 3.05) is 0 Å². The van der Waals surface area contributed by atoms with Crippen LogP contribution in [0.4, 0.5) is 0 Å². The molecule has 1 aliphatic rings. The predicted molar refractivity (Wildman–Crippen MR) is 85.6 cm³/mol. The minimum absolute atomic E-state index is 0.0359. The van der Waals surface area contributed by atoms with Crippen LogP contribution in [0.25, 0.3) is 0 Å². The number of benzene rings is 1. The highest BCUT2D eigenvalue weighted by Crippen LogP contribution is 2.39. The molecule has 120 valence electrons. The average molecular weight is 303 g/mol. The highest BCUT2D eigenvalue weighted by atomic mass is 16.4. The first-order valence-corrected chi connectivity index (χ1v) is 8.12. The Hall–Kier alpha value is -1.84. The van der Waals surface area contributed by atoms with Crippen molar-refractivity contribution < 1.29 is 14.7 Å². The summed E-state index contributed by atoms with van der Waals surface area (Å²) < 4.78 is 0. The predicted octanol–water partition coefficient (Wildman–Crippen LogP) is 3.53. The molecule has 0 radical (unpaired) electrons. The number of carbonyl (C=O) groups is 2. The number of carboxylic acids is 1. The summed E-state index contributed by atoms with van der Waals surface area (Å²) in [6.07, 6.45) is 5.95. The van der Waals surface area contributed by atoms with Crippen molar-refractivity contribution in [1.82, 2.24) is 5.32 Å². The number of hydrogen-bond donors (Lipinski definition) is 2. The second-order valence-electron chi connectivity index (χ2n) is 6.31. The SMILES string of the molecule is Cc1cccc(C2(NC(=O)CCCCC(=O)O)CCCC2)c1. The fraction of sp³-hybridized carbons (Fsp3) is 0.556. The molecule has 0 aromatic heterocycles. The molecule has 0 atom stereocenters. The Morgan fingerprint density at radius 2 is 1.86 bits per heavy atom. The van der Waals surface area contributed by atoms with Crippen molar-refractivity contribution >= 4 is 11.9 Å². The number of aliphatic carboxylic acids is 1. The third kappa shape index (κ3) is 4.33. The Morgan fingerprint density at radius 3 is 2.50 bits per heavy atom. The quantitative estimate of drug-likeness (QED) is 0.757. The number of carboxylic acid groups (broad SMARTS) is 1. The summed E-state index contributed by atoms with van der Waals surface area (Å²) in [4.78, 5) is 22.7. The van der Waals surface area contributed by atoms with Gasteiger partial charge in [-0.25, -0.2) is 0 Å². The first-order valence-electron chi connectivity index (χ1n) is 8.12. The summed E-state index contributed by atoms with van der Waals surface area (Å²) in [5.41, 5.74) is 2.18. The van der Waals surface area contributed by atoms with Crippen LogP contribution in [0.1, 0.15) is 62.5 Å². The van der Waals surface area contributed by atoms with Gasteiger partial charge in [-0.1, -0.05) is 42.7 Å². The zero-order valence-corrected chi connectivity index (χ0v) is 13.2. The molecule has 4 nitrogen and oxygen atoms in total. The normalized spacial score (nSPS) is 16.4. The molecule has 0 saturated heterocycles. The van der Waals surface area contributed by atoms with E-state index in [1.165, 1.54) is 11.1 Å². The van der Waals surface area contributed by atoms with Crippen LogP contribution >= 0.6 is 0 Å². The zero-order valence-electron chi connectivity index (χ0n) is 13.2. The standard InChI is InChI=1S/C18H25NO3/c1-14-7-6-8-15(13-14)18(11-4-5-12-18)19-16(20)9-2-3-10-17(21)22/h6-8,13H,2-5,9-12H2,1H3,(H,19,20)(H,21,22). The first kappa shape index (κ1) is 16.5. The van der Waals surface area contributed by atoms with Gasteiger partial charge < -0.3 is 10.4 Å². The van der Waals surface area contributed by atoms with Crippen molar-refractivity contribution in [3.8, 4) is 0 Å². The van der Waals surface area contributed by atoms with Crippen LogP contribution in [0.2, 0.25) is 0 Å². The Bertz CT molecular complexity index is 533. The summed E-state index contributed by atoms with van der Waals surface area (Å²) >= 11 is 0. The van der Waals surface area contributed by atoms with E-state index in [1.54, 1.807) is 0 Å². The molecular formula is C18H25NO3. The van der Waals surface area contributed by atoms with Crippen LogP contribution < -0.4 is 5.32 Å². The topological polar surface area (TPSA) is 66.4 Å². The van der Waals surface area contributed by atoms with Crippen molar-refractivity contribution in [2.45, 2.75) is 63.8 Å². The summed E-state index contributed by atoms with van der Waals surface area (Å²) in [6, 6.07) is 8.38. The van der Waals surface area contributed by atoms with Crippen LogP contribution in [0, 0.1) is 6.92 Å². The summed E-state index contributed by atoms with van der Waals surface area (Å²) in [6.45, 7) is 2.07. The summed E-state index contributed by atoms with van der Waals surface area (Å²) in [5, 5.41) is 11.9. The molecule has 22 heavy (non-hydrogen) atoms. The third-order valence-corrected chi connectivity index (χ3v) is 4.45. The maximum atomic E-state index is 12.2. The number of unbranched alkanes of at least 4 members (excludes halogenated alkanes) is 1. The van der Waals surface area contributed by atoms with E-state index < -0.39 is 5.97 Å². The van der Waals surface area contributed by atoms with E-state index >= 15 is 0 Å². The third-order valence-electron chi connectivity index (χ3n) is 4.45. The minimum atomic E-state index is -0.799. The van der Waals surface area contributed by atoms with Gasteiger partial charge in [0.05, 0.1) is 5.54 Å². The summed E-state index contributed by atoms with van der Waals surface area (Å²) in [7, 11) is 0. The van der Waals surface area contributed by atoms with Gasteiger partial charge in [-0.2, -0.15) is 0 Å². The maximum absolute atomic E-state index is 12.2. The van der Waals surface area contributed by atoms with E-state index in [1.807, 2.05) is 6.07 Å². The maximum Gasteiger partial charge on any atom is 0.303 e. The molecule has 0 heterocycles. The number of hydrogen-bond acceptors (Lipinski definition) is 2. The largest absolute Gasteiger partial charge is 0.481 e. The average Bonchev–Trinajstić information content (AvgIpc) is 2.93. The van der Waals surface area contributed by atoms with E-state index in [4.69, 9.17) is 5.11 Å². The lowest BCUT2D eigenvalue weighted by molar-refractivity contribution is -0.137. The smallest absolute Gasteiger partial charge is 0.303 e. The Labute approximate surface area is 131 Å². The lowest BCUT2D eigenvalue weighted by Crippen LogP contribution is -2.43. The lowest BCUT2D eigenvalue weighted by atomic mass is 9.87. The second-order valence-corrected chi connectivity index (χ2v) is 6.31. The molecule has 0 unspecified atom stereocenters. The van der Waals surface area contributed by atoms with Crippen LogP contribution in [0.5, 0.6) is 0 Å². The number of amides is 1. The molecule has 2 rings (SSSR count). The van der Waals surface area contributed by atoms with Crippen molar-refractivity contribution in [3.63, 3.8) is 0 Å². The molecule has 1 amide bonds. The number of carbonyl (C=O) groups excluding carboxylic acids is 1. The molecule has 0 aliphatic heterocycles. The van der Waals surface area contributed by atoms with E-state index in [-0.39, 0.29) is 17.9 Å². The van der Waals surface area contributed by atoms with Gasteiger partial charge >= 0.3 is 5.97 Å². The van der Waals surface area contributed by atoms with Gasteiger partial charge in [-0.15, -0.1) is 0 Å². The van der Waals surface area contributed by atoms with Crippen LogP contribution in [-0.2, 0) is 15.1 Å². The molecule has 4 heteroatoms. The van der Waals surface area contributed by atoms with Gasteiger partial charge in [-0.3, -0.25) is 9.59 Å². The van der Waals surface area contributed by atoms with E-state index in [2.05, 4.69) is 30.4 Å². The molecule has 2 N–H and O–H groups in total. The van der Waals surface area contributed by atoms with Crippen molar-refractivity contribution in [3.05, 3.63) is 35.4 Å².